The van der Waals surface area contributed by atoms with Crippen molar-refractivity contribution < 1.29 is 0 Å². The molecule has 0 N–H and O–H groups in total. The van der Waals surface area contributed by atoms with Gasteiger partial charge in [-0.1, -0.05) is 12.2 Å². The average molecular weight is 151 g/mol. The van der Waals surface area contributed by atoms with Crippen LogP contribution in [0.2, 0.25) is 0 Å². The number of nitrogens with zero attached hydrogens (tertiary/aromatic N) is 3. The Labute approximate surface area is 66.8 Å². The summed E-state index contributed by atoms with van der Waals surface area (Å²) in [5, 5.41) is 4.20. The summed E-state index contributed by atoms with van der Waals surface area (Å²) in [4.78, 5) is 4.18. The highest BCUT2D eigenvalue weighted by atomic mass is 15.3. The third-order valence-electron chi connectivity index (χ3n) is 1.48. The molecule has 0 saturated heterocycles. The predicted octanol–water partition coefficient (Wildman–Crippen LogP) is 1.47. The molecule has 0 aliphatic rings. The molecule has 1 rings (SSSR count). The SMILES string of the molecule is CC=CCn1nc(C)nc1C. The van der Waals surface area contributed by atoms with Gasteiger partial charge in [0.15, 0.2) is 0 Å². The Morgan fingerprint density at radius 3 is 2.64 bits per heavy atom. The smallest absolute Gasteiger partial charge is 0.147 e. The summed E-state index contributed by atoms with van der Waals surface area (Å²) in [5.41, 5.74) is 0. The van der Waals surface area contributed by atoms with E-state index in [9.17, 15) is 0 Å². The van der Waals surface area contributed by atoms with Gasteiger partial charge in [-0.3, -0.25) is 0 Å². The van der Waals surface area contributed by atoms with Gasteiger partial charge < -0.3 is 0 Å². The largest absolute Gasteiger partial charge is 0.246 e. The van der Waals surface area contributed by atoms with Crippen LogP contribution < -0.4 is 0 Å². The second-order valence-corrected chi connectivity index (χ2v) is 2.46. The zero-order valence-corrected chi connectivity index (χ0v) is 7.20. The molecule has 0 aliphatic carbocycles. The van der Waals surface area contributed by atoms with E-state index in [2.05, 4.69) is 16.2 Å². The monoisotopic (exact) mass is 151 g/mol. The number of allylic oxidation sites excluding steroid dienone is 2. The summed E-state index contributed by atoms with van der Waals surface area (Å²) in [6, 6.07) is 0. The van der Waals surface area contributed by atoms with Crippen LogP contribution in [-0.4, -0.2) is 14.8 Å². The molecule has 0 aliphatic heterocycles. The Bertz CT molecular complexity index is 260. The van der Waals surface area contributed by atoms with Gasteiger partial charge in [-0.25, -0.2) is 9.67 Å². The first-order valence-electron chi connectivity index (χ1n) is 3.73. The van der Waals surface area contributed by atoms with E-state index in [4.69, 9.17) is 0 Å². The van der Waals surface area contributed by atoms with E-state index >= 15 is 0 Å². The van der Waals surface area contributed by atoms with E-state index in [1.807, 2.05) is 31.5 Å². The van der Waals surface area contributed by atoms with E-state index < -0.39 is 0 Å². The molecule has 0 atom stereocenters. The Morgan fingerprint density at radius 2 is 2.18 bits per heavy atom. The van der Waals surface area contributed by atoms with Crippen LogP contribution in [0.3, 0.4) is 0 Å². The maximum atomic E-state index is 4.20. The summed E-state index contributed by atoms with van der Waals surface area (Å²) in [7, 11) is 0. The molecular formula is C8H13N3. The maximum Gasteiger partial charge on any atom is 0.147 e. The van der Waals surface area contributed by atoms with Gasteiger partial charge in [-0.2, -0.15) is 5.10 Å². The first-order chi connectivity index (χ1) is 5.24. The molecule has 1 heterocycles. The summed E-state index contributed by atoms with van der Waals surface area (Å²) < 4.78 is 1.88. The van der Waals surface area contributed by atoms with E-state index in [0.29, 0.717) is 0 Å². The van der Waals surface area contributed by atoms with Gasteiger partial charge in [0.2, 0.25) is 0 Å². The first-order valence-corrected chi connectivity index (χ1v) is 3.73. The van der Waals surface area contributed by atoms with Crippen molar-refractivity contribution in [2.75, 3.05) is 0 Å². The lowest BCUT2D eigenvalue weighted by atomic mass is 10.5. The molecule has 1 aromatic heterocycles. The number of aryl methyl sites for hydroxylation is 2. The topological polar surface area (TPSA) is 30.7 Å². The first kappa shape index (κ1) is 7.98. The van der Waals surface area contributed by atoms with Crippen LogP contribution in [0.5, 0.6) is 0 Å². The molecule has 11 heavy (non-hydrogen) atoms. The van der Waals surface area contributed by atoms with Crippen LogP contribution in [0.15, 0.2) is 12.2 Å². The molecule has 0 aromatic carbocycles. The van der Waals surface area contributed by atoms with Crippen molar-refractivity contribution in [2.45, 2.75) is 27.3 Å². The molecule has 3 heteroatoms. The minimum atomic E-state index is 0.823. The van der Waals surface area contributed by atoms with Crippen molar-refractivity contribution in [1.29, 1.82) is 0 Å². The highest BCUT2D eigenvalue weighted by Crippen LogP contribution is 1.95. The predicted molar refractivity (Wildman–Crippen MR) is 44.3 cm³/mol. The van der Waals surface area contributed by atoms with Crippen LogP contribution in [0, 0.1) is 13.8 Å². The second kappa shape index (κ2) is 3.32. The van der Waals surface area contributed by atoms with Crippen LogP contribution in [0.1, 0.15) is 18.6 Å². The Balaban J connectivity index is 2.77. The minimum absolute atomic E-state index is 0.823. The van der Waals surface area contributed by atoms with E-state index in [1.165, 1.54) is 0 Å². The lowest BCUT2D eigenvalue weighted by Crippen LogP contribution is -1.99. The molecule has 0 amide bonds. The number of hydrogen-bond acceptors (Lipinski definition) is 2. The molecule has 0 spiro atoms. The van der Waals surface area contributed by atoms with Crippen LogP contribution >= 0.6 is 0 Å². The maximum absolute atomic E-state index is 4.20. The average Bonchev–Trinajstić information content (AvgIpc) is 2.26. The summed E-state index contributed by atoms with van der Waals surface area (Å²) in [5.74, 6) is 1.81. The van der Waals surface area contributed by atoms with Crippen molar-refractivity contribution in [3.05, 3.63) is 23.8 Å². The quantitative estimate of drug-likeness (QED) is 0.599. The van der Waals surface area contributed by atoms with Gasteiger partial charge in [0.1, 0.15) is 11.6 Å². The van der Waals surface area contributed by atoms with Crippen molar-refractivity contribution in [3.8, 4) is 0 Å². The number of rotatable bonds is 2. The van der Waals surface area contributed by atoms with Gasteiger partial charge in [0.05, 0.1) is 6.54 Å². The third kappa shape index (κ3) is 1.90. The Kier molecular flexibility index (Phi) is 2.41. The zero-order valence-electron chi connectivity index (χ0n) is 7.20. The molecule has 0 fully saturated rings. The van der Waals surface area contributed by atoms with Gasteiger partial charge in [0.25, 0.3) is 0 Å². The molecule has 0 unspecified atom stereocenters. The number of aromatic nitrogens is 3. The fourth-order valence-electron chi connectivity index (χ4n) is 0.939. The standard InChI is InChI=1S/C8H13N3/c1-4-5-6-11-8(3)9-7(2)10-11/h4-5H,6H2,1-3H3. The molecule has 60 valence electrons. The Morgan fingerprint density at radius 1 is 1.45 bits per heavy atom. The summed E-state index contributed by atoms with van der Waals surface area (Å²) in [6.45, 7) is 6.69. The normalized spacial score (nSPS) is 11.2. The van der Waals surface area contributed by atoms with E-state index in [0.717, 1.165) is 18.2 Å². The molecule has 0 saturated carbocycles. The molecule has 0 radical (unpaired) electrons. The summed E-state index contributed by atoms with van der Waals surface area (Å²) >= 11 is 0. The molecular weight excluding hydrogens is 138 g/mol. The van der Waals surface area contributed by atoms with Crippen molar-refractivity contribution in [3.63, 3.8) is 0 Å². The zero-order chi connectivity index (χ0) is 8.27. The Hall–Kier alpha value is -1.12. The second-order valence-electron chi connectivity index (χ2n) is 2.46. The highest BCUT2D eigenvalue weighted by Gasteiger charge is 1.98. The van der Waals surface area contributed by atoms with E-state index in [1.54, 1.807) is 0 Å². The van der Waals surface area contributed by atoms with Crippen molar-refractivity contribution >= 4 is 0 Å². The fraction of sp³-hybridized carbons (Fsp3) is 0.500. The van der Waals surface area contributed by atoms with Gasteiger partial charge in [-0.15, -0.1) is 0 Å². The van der Waals surface area contributed by atoms with Crippen molar-refractivity contribution in [2.24, 2.45) is 0 Å². The minimum Gasteiger partial charge on any atom is -0.246 e. The number of hydrogen-bond donors (Lipinski definition) is 0. The van der Waals surface area contributed by atoms with Crippen LogP contribution in [-0.2, 0) is 6.54 Å². The van der Waals surface area contributed by atoms with Crippen molar-refractivity contribution in [1.82, 2.24) is 14.8 Å². The lowest BCUT2D eigenvalue weighted by Gasteiger charge is -1.95. The fourth-order valence-corrected chi connectivity index (χ4v) is 0.939. The van der Waals surface area contributed by atoms with Gasteiger partial charge >= 0.3 is 0 Å². The summed E-state index contributed by atoms with van der Waals surface area (Å²) in [6.07, 6.45) is 4.07. The van der Waals surface area contributed by atoms with Crippen LogP contribution in [0.4, 0.5) is 0 Å². The molecule has 1 aromatic rings. The van der Waals surface area contributed by atoms with Gasteiger partial charge in [0, 0.05) is 0 Å². The van der Waals surface area contributed by atoms with Crippen LogP contribution in [0.25, 0.3) is 0 Å². The lowest BCUT2D eigenvalue weighted by molar-refractivity contribution is 0.669. The third-order valence-corrected chi connectivity index (χ3v) is 1.48. The molecule has 3 nitrogen and oxygen atoms in total. The van der Waals surface area contributed by atoms with E-state index in [-0.39, 0.29) is 0 Å². The highest BCUT2D eigenvalue weighted by molar-refractivity contribution is 4.90. The van der Waals surface area contributed by atoms with Gasteiger partial charge in [-0.05, 0) is 20.8 Å². The molecule has 0 bridgehead atoms.